The number of ether oxygens (including phenoxy) is 1. The number of carbonyl (C=O) groups is 1. The fourth-order valence-electron chi connectivity index (χ4n) is 0.793. The SMILES string of the molecule is CCCC(NC(=O)CC)OC. The van der Waals surface area contributed by atoms with Crippen LogP contribution in [0, 0.1) is 0 Å². The third-order valence-electron chi connectivity index (χ3n) is 1.48. The van der Waals surface area contributed by atoms with E-state index in [1.54, 1.807) is 7.11 Å². The van der Waals surface area contributed by atoms with Crippen LogP contribution in [0.2, 0.25) is 0 Å². The lowest BCUT2D eigenvalue weighted by atomic mass is 10.3. The summed E-state index contributed by atoms with van der Waals surface area (Å²) in [5.74, 6) is 0.0466. The van der Waals surface area contributed by atoms with Crippen molar-refractivity contribution >= 4 is 5.91 Å². The van der Waals surface area contributed by atoms with Crippen molar-refractivity contribution in [3.8, 4) is 0 Å². The van der Waals surface area contributed by atoms with E-state index >= 15 is 0 Å². The fraction of sp³-hybridized carbons (Fsp3) is 0.875. The molecule has 1 unspecified atom stereocenters. The maximum Gasteiger partial charge on any atom is 0.221 e. The summed E-state index contributed by atoms with van der Waals surface area (Å²) in [5, 5.41) is 2.76. The molecule has 0 saturated heterocycles. The molecule has 3 nitrogen and oxygen atoms in total. The van der Waals surface area contributed by atoms with Gasteiger partial charge in [-0.2, -0.15) is 0 Å². The van der Waals surface area contributed by atoms with Gasteiger partial charge in [-0.3, -0.25) is 4.79 Å². The van der Waals surface area contributed by atoms with Crippen LogP contribution in [0.25, 0.3) is 0 Å². The molecule has 3 heteroatoms. The highest BCUT2D eigenvalue weighted by atomic mass is 16.5. The fourth-order valence-corrected chi connectivity index (χ4v) is 0.793. The van der Waals surface area contributed by atoms with E-state index in [4.69, 9.17) is 4.74 Å². The summed E-state index contributed by atoms with van der Waals surface area (Å²) >= 11 is 0. The van der Waals surface area contributed by atoms with Crippen LogP contribution in [0.15, 0.2) is 0 Å². The monoisotopic (exact) mass is 159 g/mol. The lowest BCUT2D eigenvalue weighted by Gasteiger charge is -2.15. The Morgan fingerprint density at radius 2 is 2.18 bits per heavy atom. The van der Waals surface area contributed by atoms with Crippen molar-refractivity contribution in [1.29, 1.82) is 0 Å². The smallest absolute Gasteiger partial charge is 0.221 e. The molecule has 11 heavy (non-hydrogen) atoms. The molecule has 1 atom stereocenters. The molecule has 0 bridgehead atoms. The highest BCUT2D eigenvalue weighted by Crippen LogP contribution is 1.96. The van der Waals surface area contributed by atoms with Crippen LogP contribution in [0.3, 0.4) is 0 Å². The predicted molar refractivity (Wildman–Crippen MR) is 44.1 cm³/mol. The van der Waals surface area contributed by atoms with Crippen LogP contribution in [-0.2, 0) is 9.53 Å². The highest BCUT2D eigenvalue weighted by molar-refractivity contribution is 5.75. The van der Waals surface area contributed by atoms with Crippen molar-refractivity contribution in [3.05, 3.63) is 0 Å². The predicted octanol–water partition coefficient (Wildman–Crippen LogP) is 1.29. The van der Waals surface area contributed by atoms with E-state index in [1.807, 2.05) is 6.92 Å². The van der Waals surface area contributed by atoms with Crippen LogP contribution < -0.4 is 5.32 Å². The van der Waals surface area contributed by atoms with Gasteiger partial charge >= 0.3 is 0 Å². The zero-order valence-electron chi connectivity index (χ0n) is 7.52. The van der Waals surface area contributed by atoms with Crippen LogP contribution in [0.1, 0.15) is 33.1 Å². The van der Waals surface area contributed by atoms with Gasteiger partial charge in [0.15, 0.2) is 0 Å². The van der Waals surface area contributed by atoms with E-state index in [1.165, 1.54) is 0 Å². The highest BCUT2D eigenvalue weighted by Gasteiger charge is 2.07. The average Bonchev–Trinajstić information content (AvgIpc) is 2.03. The summed E-state index contributed by atoms with van der Waals surface area (Å²) in [6.45, 7) is 3.89. The first kappa shape index (κ1) is 10.4. The summed E-state index contributed by atoms with van der Waals surface area (Å²) in [4.78, 5) is 10.9. The van der Waals surface area contributed by atoms with Gasteiger partial charge in [-0.15, -0.1) is 0 Å². The minimum absolute atomic E-state index is 0.0466. The second kappa shape index (κ2) is 6.16. The number of hydrogen-bond donors (Lipinski definition) is 1. The number of methoxy groups -OCH3 is 1. The van der Waals surface area contributed by atoms with Crippen molar-refractivity contribution in [2.45, 2.75) is 39.3 Å². The molecule has 0 aromatic rings. The molecular weight excluding hydrogens is 142 g/mol. The molecule has 0 spiro atoms. The van der Waals surface area contributed by atoms with Crippen LogP contribution in [-0.4, -0.2) is 19.2 Å². The zero-order valence-corrected chi connectivity index (χ0v) is 7.52. The van der Waals surface area contributed by atoms with E-state index in [9.17, 15) is 4.79 Å². The molecule has 0 aliphatic heterocycles. The van der Waals surface area contributed by atoms with Crippen LogP contribution in [0.5, 0.6) is 0 Å². The lowest BCUT2D eigenvalue weighted by Crippen LogP contribution is -2.35. The maximum absolute atomic E-state index is 10.9. The van der Waals surface area contributed by atoms with Gasteiger partial charge in [-0.05, 0) is 6.42 Å². The molecule has 0 aliphatic carbocycles. The number of hydrogen-bond acceptors (Lipinski definition) is 2. The van der Waals surface area contributed by atoms with Gasteiger partial charge in [-0.25, -0.2) is 0 Å². The molecule has 0 aromatic heterocycles. The van der Waals surface area contributed by atoms with Gasteiger partial charge in [0.2, 0.25) is 5.91 Å². The zero-order chi connectivity index (χ0) is 8.69. The molecule has 0 heterocycles. The third kappa shape index (κ3) is 4.79. The summed E-state index contributed by atoms with van der Waals surface area (Å²) in [6, 6.07) is 0. The van der Waals surface area contributed by atoms with Crippen LogP contribution in [0.4, 0.5) is 0 Å². The van der Waals surface area contributed by atoms with Crippen molar-refractivity contribution < 1.29 is 9.53 Å². The minimum atomic E-state index is -0.104. The van der Waals surface area contributed by atoms with Gasteiger partial charge in [0.25, 0.3) is 0 Å². The van der Waals surface area contributed by atoms with E-state index in [0.717, 1.165) is 12.8 Å². The van der Waals surface area contributed by atoms with Gasteiger partial charge < -0.3 is 10.1 Å². The molecule has 0 saturated carbocycles. The topological polar surface area (TPSA) is 38.3 Å². The normalized spacial score (nSPS) is 12.6. The van der Waals surface area contributed by atoms with Gasteiger partial charge in [0.1, 0.15) is 6.23 Å². The largest absolute Gasteiger partial charge is 0.362 e. The average molecular weight is 159 g/mol. The van der Waals surface area contributed by atoms with Crippen molar-refractivity contribution in [3.63, 3.8) is 0 Å². The van der Waals surface area contributed by atoms with Crippen LogP contribution >= 0.6 is 0 Å². The number of nitrogens with one attached hydrogen (secondary N) is 1. The molecule has 1 N–H and O–H groups in total. The Hall–Kier alpha value is -0.570. The molecule has 66 valence electrons. The van der Waals surface area contributed by atoms with E-state index in [-0.39, 0.29) is 12.1 Å². The molecule has 0 aliphatic rings. The van der Waals surface area contributed by atoms with Gasteiger partial charge in [0, 0.05) is 13.5 Å². The Morgan fingerprint density at radius 1 is 1.55 bits per heavy atom. The number of amides is 1. The first-order chi connectivity index (χ1) is 5.24. The first-order valence-corrected chi connectivity index (χ1v) is 4.06. The second-order valence-corrected chi connectivity index (χ2v) is 2.43. The van der Waals surface area contributed by atoms with E-state index in [0.29, 0.717) is 6.42 Å². The quantitative estimate of drug-likeness (QED) is 0.614. The van der Waals surface area contributed by atoms with Crippen molar-refractivity contribution in [2.75, 3.05) is 7.11 Å². The Balaban J connectivity index is 3.58. The lowest BCUT2D eigenvalue weighted by molar-refractivity contribution is -0.124. The third-order valence-corrected chi connectivity index (χ3v) is 1.48. The van der Waals surface area contributed by atoms with Gasteiger partial charge in [-0.1, -0.05) is 20.3 Å². The molecule has 0 aromatic carbocycles. The molecular formula is C8H17NO2. The van der Waals surface area contributed by atoms with Gasteiger partial charge in [0.05, 0.1) is 0 Å². The van der Waals surface area contributed by atoms with E-state index < -0.39 is 0 Å². The number of carbonyl (C=O) groups excluding carboxylic acids is 1. The van der Waals surface area contributed by atoms with Crippen molar-refractivity contribution in [2.24, 2.45) is 0 Å². The van der Waals surface area contributed by atoms with Crippen molar-refractivity contribution in [1.82, 2.24) is 5.32 Å². The molecule has 0 radical (unpaired) electrons. The summed E-state index contributed by atoms with van der Waals surface area (Å²) in [5.41, 5.74) is 0. The minimum Gasteiger partial charge on any atom is -0.362 e. The second-order valence-electron chi connectivity index (χ2n) is 2.43. The number of rotatable bonds is 5. The maximum atomic E-state index is 10.9. The van der Waals surface area contributed by atoms with E-state index in [2.05, 4.69) is 12.2 Å². The Morgan fingerprint density at radius 3 is 2.55 bits per heavy atom. The molecule has 0 fully saturated rings. The Kier molecular flexibility index (Phi) is 5.84. The Bertz CT molecular complexity index is 115. The summed E-state index contributed by atoms with van der Waals surface area (Å²) in [7, 11) is 1.61. The first-order valence-electron chi connectivity index (χ1n) is 4.06. The Labute approximate surface area is 68.1 Å². The standard InChI is InChI=1S/C8H17NO2/c1-4-6-8(11-3)9-7(10)5-2/h8H,4-6H2,1-3H3,(H,9,10). The molecule has 0 rings (SSSR count). The summed E-state index contributed by atoms with van der Waals surface area (Å²) in [6.07, 6.45) is 2.31. The summed E-state index contributed by atoms with van der Waals surface area (Å²) < 4.78 is 5.03. The molecule has 1 amide bonds.